The summed E-state index contributed by atoms with van der Waals surface area (Å²) in [5.74, 6) is 0. The normalized spacial score (nSPS) is 10.1. The molecule has 1 N–H and O–H groups in total. The van der Waals surface area contributed by atoms with Gasteiger partial charge in [-0.25, -0.2) is 4.79 Å². The van der Waals surface area contributed by atoms with Crippen molar-refractivity contribution in [1.29, 1.82) is 0 Å². The van der Waals surface area contributed by atoms with Gasteiger partial charge < -0.3 is 4.74 Å². The van der Waals surface area contributed by atoms with Crippen molar-refractivity contribution < 1.29 is 14.3 Å². The lowest BCUT2D eigenvalue weighted by molar-refractivity contribution is 0.112. The van der Waals surface area contributed by atoms with Gasteiger partial charge in [0.1, 0.15) is 0 Å². The SMILES string of the molecule is CCOC(=O)Nc1ccc(C=O)c2ccccc12. The number of anilines is 1. The van der Waals surface area contributed by atoms with Crippen molar-refractivity contribution in [2.45, 2.75) is 6.92 Å². The predicted molar refractivity (Wildman–Crippen MR) is 70.0 cm³/mol. The van der Waals surface area contributed by atoms with Gasteiger partial charge >= 0.3 is 6.09 Å². The molecule has 0 bridgehead atoms. The van der Waals surface area contributed by atoms with Crippen molar-refractivity contribution in [1.82, 2.24) is 0 Å². The largest absolute Gasteiger partial charge is 0.450 e. The van der Waals surface area contributed by atoms with Gasteiger partial charge in [0, 0.05) is 10.9 Å². The molecular formula is C14H13NO3. The minimum atomic E-state index is -0.499. The van der Waals surface area contributed by atoms with E-state index in [9.17, 15) is 9.59 Å². The predicted octanol–water partition coefficient (Wildman–Crippen LogP) is 3.22. The van der Waals surface area contributed by atoms with Gasteiger partial charge in [0.15, 0.2) is 6.29 Å². The lowest BCUT2D eigenvalue weighted by atomic mass is 10.0. The third-order valence-electron chi connectivity index (χ3n) is 2.60. The third-order valence-corrected chi connectivity index (χ3v) is 2.60. The van der Waals surface area contributed by atoms with Crippen LogP contribution in [0.5, 0.6) is 0 Å². The maximum absolute atomic E-state index is 11.4. The van der Waals surface area contributed by atoms with Gasteiger partial charge in [0.05, 0.1) is 12.3 Å². The molecule has 18 heavy (non-hydrogen) atoms. The lowest BCUT2D eigenvalue weighted by Crippen LogP contribution is -2.13. The number of ether oxygens (including phenoxy) is 1. The summed E-state index contributed by atoms with van der Waals surface area (Å²) in [6.45, 7) is 2.06. The molecule has 0 heterocycles. The second-order valence-corrected chi connectivity index (χ2v) is 3.71. The summed E-state index contributed by atoms with van der Waals surface area (Å²) in [5.41, 5.74) is 1.23. The number of aldehydes is 1. The molecule has 0 spiro atoms. The van der Waals surface area contributed by atoms with Gasteiger partial charge in [-0.3, -0.25) is 10.1 Å². The van der Waals surface area contributed by atoms with Crippen LogP contribution in [-0.4, -0.2) is 19.0 Å². The minimum absolute atomic E-state index is 0.316. The topological polar surface area (TPSA) is 55.4 Å². The first-order chi connectivity index (χ1) is 8.76. The Labute approximate surface area is 105 Å². The molecule has 2 rings (SSSR count). The Hall–Kier alpha value is -2.36. The molecule has 2 aromatic carbocycles. The van der Waals surface area contributed by atoms with E-state index in [0.29, 0.717) is 17.9 Å². The molecule has 4 nitrogen and oxygen atoms in total. The molecule has 0 aromatic heterocycles. The molecule has 0 saturated carbocycles. The number of fused-ring (bicyclic) bond motifs is 1. The average Bonchev–Trinajstić information content (AvgIpc) is 2.39. The number of hydrogen-bond acceptors (Lipinski definition) is 3. The zero-order chi connectivity index (χ0) is 13.0. The van der Waals surface area contributed by atoms with Gasteiger partial charge in [0.25, 0.3) is 0 Å². The Bertz CT molecular complexity index is 593. The zero-order valence-electron chi connectivity index (χ0n) is 9.97. The Kier molecular flexibility index (Phi) is 3.57. The van der Waals surface area contributed by atoms with E-state index in [-0.39, 0.29) is 0 Å². The summed E-state index contributed by atoms with van der Waals surface area (Å²) in [4.78, 5) is 22.4. The highest BCUT2D eigenvalue weighted by molar-refractivity contribution is 6.06. The van der Waals surface area contributed by atoms with E-state index in [1.807, 2.05) is 24.3 Å². The van der Waals surface area contributed by atoms with E-state index in [2.05, 4.69) is 5.32 Å². The van der Waals surface area contributed by atoms with Crippen molar-refractivity contribution in [2.24, 2.45) is 0 Å². The van der Waals surface area contributed by atoms with Crippen LogP contribution in [0, 0.1) is 0 Å². The fourth-order valence-corrected chi connectivity index (χ4v) is 1.81. The quantitative estimate of drug-likeness (QED) is 0.842. The smallest absolute Gasteiger partial charge is 0.411 e. The molecule has 0 aliphatic heterocycles. The Morgan fingerprint density at radius 3 is 2.61 bits per heavy atom. The molecule has 92 valence electrons. The van der Waals surface area contributed by atoms with E-state index in [0.717, 1.165) is 17.1 Å². The molecule has 0 aliphatic rings. The average molecular weight is 243 g/mol. The van der Waals surface area contributed by atoms with Crippen molar-refractivity contribution in [3.63, 3.8) is 0 Å². The lowest BCUT2D eigenvalue weighted by Gasteiger charge is -2.09. The summed E-state index contributed by atoms with van der Waals surface area (Å²) in [6.07, 6.45) is 0.303. The Morgan fingerprint density at radius 2 is 1.94 bits per heavy atom. The zero-order valence-corrected chi connectivity index (χ0v) is 9.97. The van der Waals surface area contributed by atoms with Crippen molar-refractivity contribution in [2.75, 3.05) is 11.9 Å². The number of nitrogens with one attached hydrogen (secondary N) is 1. The number of rotatable bonds is 3. The van der Waals surface area contributed by atoms with Crippen LogP contribution in [0.1, 0.15) is 17.3 Å². The maximum atomic E-state index is 11.4. The van der Waals surface area contributed by atoms with E-state index in [4.69, 9.17) is 4.74 Å². The van der Waals surface area contributed by atoms with E-state index < -0.39 is 6.09 Å². The fourth-order valence-electron chi connectivity index (χ4n) is 1.81. The van der Waals surface area contributed by atoms with E-state index in [1.165, 1.54) is 0 Å². The number of hydrogen-bond donors (Lipinski definition) is 1. The first-order valence-electron chi connectivity index (χ1n) is 5.67. The molecule has 0 radical (unpaired) electrons. The molecule has 0 fully saturated rings. The fraction of sp³-hybridized carbons (Fsp3) is 0.143. The van der Waals surface area contributed by atoms with Crippen LogP contribution < -0.4 is 5.32 Å². The minimum Gasteiger partial charge on any atom is -0.450 e. The van der Waals surface area contributed by atoms with Crippen molar-refractivity contribution in [3.05, 3.63) is 42.0 Å². The molecule has 0 saturated heterocycles. The molecule has 1 amide bonds. The molecule has 0 atom stereocenters. The third kappa shape index (κ3) is 2.32. The van der Waals surface area contributed by atoms with Crippen LogP contribution in [0.15, 0.2) is 36.4 Å². The Balaban J connectivity index is 2.46. The molecule has 0 aliphatic carbocycles. The highest BCUT2D eigenvalue weighted by Gasteiger charge is 2.08. The van der Waals surface area contributed by atoms with Gasteiger partial charge in [0.2, 0.25) is 0 Å². The number of carbonyl (C=O) groups is 2. The van der Waals surface area contributed by atoms with Crippen LogP contribution in [0.2, 0.25) is 0 Å². The highest BCUT2D eigenvalue weighted by atomic mass is 16.5. The van der Waals surface area contributed by atoms with Crippen LogP contribution in [0.3, 0.4) is 0 Å². The van der Waals surface area contributed by atoms with E-state index in [1.54, 1.807) is 19.1 Å². The van der Waals surface area contributed by atoms with Gasteiger partial charge in [-0.2, -0.15) is 0 Å². The number of amides is 1. The highest BCUT2D eigenvalue weighted by Crippen LogP contribution is 2.25. The second kappa shape index (κ2) is 5.31. The van der Waals surface area contributed by atoms with Crippen molar-refractivity contribution in [3.8, 4) is 0 Å². The summed E-state index contributed by atoms with van der Waals surface area (Å²) < 4.78 is 4.83. The summed E-state index contributed by atoms with van der Waals surface area (Å²) in [6, 6.07) is 10.8. The number of carbonyl (C=O) groups excluding carboxylic acids is 2. The van der Waals surface area contributed by atoms with Crippen LogP contribution in [-0.2, 0) is 4.74 Å². The summed E-state index contributed by atoms with van der Waals surface area (Å²) in [5, 5.41) is 4.28. The first-order valence-corrected chi connectivity index (χ1v) is 5.67. The van der Waals surface area contributed by atoms with Gasteiger partial charge in [-0.05, 0) is 24.4 Å². The standard InChI is InChI=1S/C14H13NO3/c1-2-18-14(17)15-13-8-7-10(9-16)11-5-3-4-6-12(11)13/h3-9H,2H2,1H3,(H,15,17). The van der Waals surface area contributed by atoms with Crippen LogP contribution in [0.25, 0.3) is 10.8 Å². The molecular weight excluding hydrogens is 230 g/mol. The molecule has 0 unspecified atom stereocenters. The second-order valence-electron chi connectivity index (χ2n) is 3.71. The summed E-state index contributed by atoms with van der Waals surface area (Å²) >= 11 is 0. The summed E-state index contributed by atoms with van der Waals surface area (Å²) in [7, 11) is 0. The number of benzene rings is 2. The molecule has 4 heteroatoms. The maximum Gasteiger partial charge on any atom is 0.411 e. The van der Waals surface area contributed by atoms with E-state index >= 15 is 0 Å². The first kappa shape index (κ1) is 12.1. The van der Waals surface area contributed by atoms with Gasteiger partial charge in [-0.1, -0.05) is 24.3 Å². The monoisotopic (exact) mass is 243 g/mol. The van der Waals surface area contributed by atoms with Gasteiger partial charge in [-0.15, -0.1) is 0 Å². The van der Waals surface area contributed by atoms with Crippen LogP contribution in [0.4, 0.5) is 10.5 Å². The van der Waals surface area contributed by atoms with Crippen molar-refractivity contribution >= 4 is 28.8 Å². The molecule has 2 aromatic rings. The van der Waals surface area contributed by atoms with Crippen LogP contribution >= 0.6 is 0 Å². The Morgan fingerprint density at radius 1 is 1.22 bits per heavy atom.